The van der Waals surface area contributed by atoms with Gasteiger partial charge in [0, 0.05) is 15.8 Å². The first-order chi connectivity index (χ1) is 11.1. The quantitative estimate of drug-likeness (QED) is 0.705. The van der Waals surface area contributed by atoms with Gasteiger partial charge in [-0.1, -0.05) is 48.0 Å². The van der Waals surface area contributed by atoms with E-state index in [4.69, 9.17) is 11.6 Å². The van der Waals surface area contributed by atoms with Crippen molar-refractivity contribution in [2.24, 2.45) is 0 Å². The standard InChI is InChI=1S/C19H18ClNOS/c1-13(10-15-12-23-18-9-5-3-7-16(15)18)21-19(22)11-14-6-2-4-8-17(14)20/h2-9,12-13H,10-11H2,1H3,(H,21,22). The van der Waals surface area contributed by atoms with E-state index in [1.54, 1.807) is 11.3 Å². The summed E-state index contributed by atoms with van der Waals surface area (Å²) in [6, 6.07) is 15.9. The number of nitrogens with one attached hydrogen (secondary N) is 1. The number of fused-ring (bicyclic) bond motifs is 1. The van der Waals surface area contributed by atoms with E-state index in [1.165, 1.54) is 15.6 Å². The lowest BCUT2D eigenvalue weighted by Gasteiger charge is -2.14. The molecule has 3 aromatic rings. The zero-order chi connectivity index (χ0) is 16.2. The molecule has 0 saturated heterocycles. The second-order valence-corrected chi connectivity index (χ2v) is 7.02. The number of benzene rings is 2. The van der Waals surface area contributed by atoms with Gasteiger partial charge in [0.2, 0.25) is 5.91 Å². The van der Waals surface area contributed by atoms with Gasteiger partial charge in [0.05, 0.1) is 6.42 Å². The van der Waals surface area contributed by atoms with Crippen LogP contribution in [0.15, 0.2) is 53.9 Å². The molecular weight excluding hydrogens is 326 g/mol. The first-order valence-corrected chi connectivity index (χ1v) is 8.87. The van der Waals surface area contributed by atoms with Crippen LogP contribution in [0.25, 0.3) is 10.1 Å². The summed E-state index contributed by atoms with van der Waals surface area (Å²) >= 11 is 7.86. The smallest absolute Gasteiger partial charge is 0.224 e. The molecule has 1 unspecified atom stereocenters. The number of rotatable bonds is 5. The molecule has 1 heterocycles. The van der Waals surface area contributed by atoms with Crippen molar-refractivity contribution in [3.05, 3.63) is 70.1 Å². The fraction of sp³-hybridized carbons (Fsp3) is 0.211. The van der Waals surface area contributed by atoms with Gasteiger partial charge in [-0.15, -0.1) is 11.3 Å². The second-order valence-electron chi connectivity index (χ2n) is 5.70. The van der Waals surface area contributed by atoms with Gasteiger partial charge in [-0.25, -0.2) is 0 Å². The molecule has 0 saturated carbocycles. The lowest BCUT2D eigenvalue weighted by molar-refractivity contribution is -0.121. The van der Waals surface area contributed by atoms with Crippen LogP contribution in [0, 0.1) is 0 Å². The van der Waals surface area contributed by atoms with Crippen LogP contribution in [0.4, 0.5) is 0 Å². The van der Waals surface area contributed by atoms with E-state index in [0.29, 0.717) is 11.4 Å². The van der Waals surface area contributed by atoms with Crippen molar-refractivity contribution in [1.82, 2.24) is 5.32 Å². The first-order valence-electron chi connectivity index (χ1n) is 7.61. The molecule has 0 aliphatic carbocycles. The summed E-state index contributed by atoms with van der Waals surface area (Å²) < 4.78 is 1.29. The Hall–Kier alpha value is -1.84. The number of hydrogen-bond acceptors (Lipinski definition) is 2. The lowest BCUT2D eigenvalue weighted by atomic mass is 10.1. The number of thiophene rings is 1. The third-order valence-corrected chi connectivity index (χ3v) is 5.18. The van der Waals surface area contributed by atoms with Gasteiger partial charge < -0.3 is 5.32 Å². The van der Waals surface area contributed by atoms with Crippen molar-refractivity contribution < 1.29 is 4.79 Å². The summed E-state index contributed by atoms with van der Waals surface area (Å²) in [5.74, 6) is 0.00475. The average Bonchev–Trinajstić information content (AvgIpc) is 2.93. The Kier molecular flexibility index (Phi) is 4.99. The number of amides is 1. The van der Waals surface area contributed by atoms with Crippen LogP contribution in [0.3, 0.4) is 0 Å². The summed E-state index contributed by atoms with van der Waals surface area (Å²) in [5.41, 5.74) is 2.15. The summed E-state index contributed by atoms with van der Waals surface area (Å²) in [4.78, 5) is 12.2. The molecule has 118 valence electrons. The molecule has 1 amide bonds. The normalized spacial score (nSPS) is 12.3. The molecule has 1 N–H and O–H groups in total. The maximum Gasteiger partial charge on any atom is 0.224 e. The second kappa shape index (κ2) is 7.16. The molecule has 2 aromatic carbocycles. The van der Waals surface area contributed by atoms with E-state index in [1.807, 2.05) is 31.2 Å². The van der Waals surface area contributed by atoms with Crippen LogP contribution in [0.1, 0.15) is 18.1 Å². The molecule has 0 bridgehead atoms. The van der Waals surface area contributed by atoms with Gasteiger partial charge in [0.25, 0.3) is 0 Å². The van der Waals surface area contributed by atoms with Crippen molar-refractivity contribution in [3.8, 4) is 0 Å². The van der Waals surface area contributed by atoms with E-state index in [-0.39, 0.29) is 11.9 Å². The third-order valence-electron chi connectivity index (χ3n) is 3.80. The van der Waals surface area contributed by atoms with Crippen LogP contribution in [-0.4, -0.2) is 11.9 Å². The zero-order valence-corrected chi connectivity index (χ0v) is 14.5. The minimum atomic E-state index is 0.00475. The average molecular weight is 344 g/mol. The molecule has 4 heteroatoms. The molecule has 0 radical (unpaired) electrons. The highest BCUT2D eigenvalue weighted by molar-refractivity contribution is 7.17. The van der Waals surface area contributed by atoms with Crippen molar-refractivity contribution in [3.63, 3.8) is 0 Å². The molecule has 0 fully saturated rings. The fourth-order valence-corrected chi connectivity index (χ4v) is 3.89. The van der Waals surface area contributed by atoms with Crippen LogP contribution in [0.2, 0.25) is 5.02 Å². The minimum absolute atomic E-state index is 0.00475. The minimum Gasteiger partial charge on any atom is -0.353 e. The Bertz CT molecular complexity index is 827. The maximum absolute atomic E-state index is 12.2. The van der Waals surface area contributed by atoms with Crippen molar-refractivity contribution in [2.45, 2.75) is 25.8 Å². The molecular formula is C19H18ClNOS. The monoisotopic (exact) mass is 343 g/mol. The summed E-state index contributed by atoms with van der Waals surface area (Å²) in [6.45, 7) is 2.04. The van der Waals surface area contributed by atoms with Gasteiger partial charge in [-0.05, 0) is 47.4 Å². The third kappa shape index (κ3) is 3.92. The Morgan fingerprint density at radius 3 is 2.70 bits per heavy atom. The zero-order valence-electron chi connectivity index (χ0n) is 12.9. The SMILES string of the molecule is CC(Cc1csc2ccccc12)NC(=O)Cc1ccccc1Cl. The largest absolute Gasteiger partial charge is 0.353 e. The van der Waals surface area contributed by atoms with Gasteiger partial charge in [-0.2, -0.15) is 0 Å². The van der Waals surface area contributed by atoms with Crippen LogP contribution < -0.4 is 5.32 Å². The molecule has 0 aliphatic rings. The fourth-order valence-electron chi connectivity index (χ4n) is 2.71. The summed E-state index contributed by atoms with van der Waals surface area (Å²) in [7, 11) is 0. The Morgan fingerprint density at radius 1 is 1.13 bits per heavy atom. The number of carbonyl (C=O) groups excluding carboxylic acids is 1. The molecule has 3 rings (SSSR count). The van der Waals surface area contributed by atoms with E-state index in [9.17, 15) is 4.79 Å². The van der Waals surface area contributed by atoms with Crippen molar-refractivity contribution >= 4 is 38.9 Å². The Balaban J connectivity index is 1.62. The summed E-state index contributed by atoms with van der Waals surface area (Å²) in [6.07, 6.45) is 1.15. The highest BCUT2D eigenvalue weighted by Gasteiger charge is 2.12. The highest BCUT2D eigenvalue weighted by Crippen LogP contribution is 2.26. The van der Waals surface area contributed by atoms with Gasteiger partial charge in [0.1, 0.15) is 0 Å². The van der Waals surface area contributed by atoms with Crippen molar-refractivity contribution in [2.75, 3.05) is 0 Å². The topological polar surface area (TPSA) is 29.1 Å². The van der Waals surface area contributed by atoms with E-state index < -0.39 is 0 Å². The van der Waals surface area contributed by atoms with E-state index in [2.05, 4.69) is 35.0 Å². The van der Waals surface area contributed by atoms with Gasteiger partial charge >= 0.3 is 0 Å². The predicted octanol–water partition coefficient (Wildman–Crippen LogP) is 4.84. The first kappa shape index (κ1) is 16.0. The number of hydrogen-bond donors (Lipinski definition) is 1. The number of halogens is 1. The van der Waals surface area contributed by atoms with Gasteiger partial charge in [-0.3, -0.25) is 4.79 Å². The Labute approximate surface area is 145 Å². The molecule has 23 heavy (non-hydrogen) atoms. The number of carbonyl (C=O) groups is 1. The molecule has 0 spiro atoms. The molecule has 0 aliphatic heterocycles. The Morgan fingerprint density at radius 2 is 1.87 bits per heavy atom. The van der Waals surface area contributed by atoms with E-state index in [0.717, 1.165) is 12.0 Å². The van der Waals surface area contributed by atoms with Crippen LogP contribution in [0.5, 0.6) is 0 Å². The predicted molar refractivity (Wildman–Crippen MR) is 98.3 cm³/mol. The van der Waals surface area contributed by atoms with Crippen LogP contribution in [-0.2, 0) is 17.6 Å². The van der Waals surface area contributed by atoms with Crippen molar-refractivity contribution in [1.29, 1.82) is 0 Å². The highest BCUT2D eigenvalue weighted by atomic mass is 35.5. The molecule has 1 atom stereocenters. The molecule has 2 nitrogen and oxygen atoms in total. The van der Waals surface area contributed by atoms with Gasteiger partial charge in [0.15, 0.2) is 0 Å². The maximum atomic E-state index is 12.2. The van der Waals surface area contributed by atoms with Crippen LogP contribution >= 0.6 is 22.9 Å². The van der Waals surface area contributed by atoms with E-state index >= 15 is 0 Å². The lowest BCUT2D eigenvalue weighted by Crippen LogP contribution is -2.35. The molecule has 1 aromatic heterocycles. The summed E-state index contributed by atoms with van der Waals surface area (Å²) in [5, 5.41) is 7.17.